The number of phenolic OH excluding ortho intramolecular Hbond substituents is 1. The van der Waals surface area contributed by atoms with E-state index >= 15 is 0 Å². The summed E-state index contributed by atoms with van der Waals surface area (Å²) in [7, 11) is 0. The molecule has 0 bridgehead atoms. The van der Waals surface area contributed by atoms with Crippen molar-refractivity contribution in [2.75, 3.05) is 6.54 Å². The predicted molar refractivity (Wildman–Crippen MR) is 115 cm³/mol. The molecule has 5 heteroatoms. The lowest BCUT2D eigenvalue weighted by Crippen LogP contribution is -2.48. The van der Waals surface area contributed by atoms with Gasteiger partial charge in [-0.3, -0.25) is 4.90 Å². The summed E-state index contributed by atoms with van der Waals surface area (Å²) in [6.07, 6.45) is 1.76. The molecule has 2 N–H and O–H groups in total. The number of phenols is 1. The topological polar surface area (TPSA) is 43.7 Å². The van der Waals surface area contributed by atoms with Crippen molar-refractivity contribution in [2.45, 2.75) is 31.0 Å². The van der Waals surface area contributed by atoms with E-state index in [1.165, 1.54) is 6.07 Å². The van der Waals surface area contributed by atoms with Crippen LogP contribution < -0.4 is 0 Å². The first-order chi connectivity index (χ1) is 14.0. The summed E-state index contributed by atoms with van der Waals surface area (Å²) in [5.41, 5.74) is 1.11. The molecule has 1 aliphatic rings. The van der Waals surface area contributed by atoms with Gasteiger partial charge in [0.15, 0.2) is 0 Å². The van der Waals surface area contributed by atoms with Crippen LogP contribution in [-0.2, 0) is 12.1 Å². The van der Waals surface area contributed by atoms with E-state index in [2.05, 4.69) is 20.8 Å². The van der Waals surface area contributed by atoms with Crippen molar-refractivity contribution in [3.8, 4) is 5.75 Å². The molecule has 1 saturated heterocycles. The molecule has 1 fully saturated rings. The molecular formula is C24H23BrFNO2. The molecule has 3 aromatic rings. The smallest absolute Gasteiger partial charge is 0.130 e. The van der Waals surface area contributed by atoms with Crippen LogP contribution in [0.1, 0.15) is 29.5 Å². The van der Waals surface area contributed by atoms with Gasteiger partial charge in [-0.15, -0.1) is 0 Å². The van der Waals surface area contributed by atoms with E-state index in [1.807, 2.05) is 60.7 Å². The Hall–Kier alpha value is -2.21. The number of rotatable bonds is 5. The molecule has 0 radical (unpaired) electrons. The van der Waals surface area contributed by atoms with Crippen molar-refractivity contribution in [1.82, 2.24) is 4.90 Å². The lowest BCUT2D eigenvalue weighted by atomic mass is 9.79. The van der Waals surface area contributed by atoms with Crippen molar-refractivity contribution < 1.29 is 14.6 Å². The number of aromatic hydroxyl groups is 1. The molecule has 0 aromatic heterocycles. The van der Waals surface area contributed by atoms with Gasteiger partial charge >= 0.3 is 0 Å². The third-order valence-electron chi connectivity index (χ3n) is 5.77. The molecule has 4 rings (SSSR count). The molecule has 1 heterocycles. The van der Waals surface area contributed by atoms with Crippen LogP contribution in [0, 0.1) is 5.82 Å². The van der Waals surface area contributed by atoms with Gasteiger partial charge < -0.3 is 10.2 Å². The Bertz CT molecular complexity index is 918. The van der Waals surface area contributed by atoms with Crippen LogP contribution in [0.15, 0.2) is 77.3 Å². The van der Waals surface area contributed by atoms with E-state index in [0.717, 1.165) is 36.6 Å². The minimum absolute atomic E-state index is 0.0783. The van der Waals surface area contributed by atoms with Gasteiger partial charge in [0, 0.05) is 28.7 Å². The maximum Gasteiger partial charge on any atom is 0.130 e. The number of aliphatic hydroxyl groups is 1. The zero-order valence-electron chi connectivity index (χ0n) is 15.9. The summed E-state index contributed by atoms with van der Waals surface area (Å²) in [4.78, 5) is 2.18. The second-order valence-corrected chi connectivity index (χ2v) is 8.37. The summed E-state index contributed by atoms with van der Waals surface area (Å²) < 4.78 is 14.1. The predicted octanol–water partition coefficient (Wildman–Crippen LogP) is 5.19. The fourth-order valence-corrected chi connectivity index (χ4v) is 4.92. The molecule has 1 atom stereocenters. The Labute approximate surface area is 178 Å². The number of likely N-dealkylation sites (tertiary alicyclic amines) is 1. The Kier molecular flexibility index (Phi) is 5.72. The summed E-state index contributed by atoms with van der Waals surface area (Å²) in [5, 5.41) is 22.4. The standard InChI is InChI=1S/C24H23BrFNO2/c25-21-14-19(26)15-22(28)20(21)16-27-13-7-12-23(27)24(29,17-8-3-1-4-9-17)18-10-5-2-6-11-18/h1-6,8-11,14-15,23,28-29H,7,12-13,16H2/t23-/m1/s1. The van der Waals surface area contributed by atoms with E-state index < -0.39 is 11.4 Å². The second-order valence-electron chi connectivity index (χ2n) is 7.51. The van der Waals surface area contributed by atoms with Gasteiger partial charge in [0.05, 0.1) is 0 Å². The van der Waals surface area contributed by atoms with Crippen molar-refractivity contribution in [3.05, 3.63) is 99.8 Å². The Morgan fingerprint density at radius 1 is 1.00 bits per heavy atom. The highest BCUT2D eigenvalue weighted by Crippen LogP contribution is 2.42. The summed E-state index contributed by atoms with van der Waals surface area (Å²) >= 11 is 3.38. The molecule has 0 spiro atoms. The fourth-order valence-electron chi connectivity index (χ4n) is 4.37. The summed E-state index contributed by atoms with van der Waals surface area (Å²) in [5.74, 6) is -0.563. The van der Waals surface area contributed by atoms with Gasteiger partial charge in [-0.1, -0.05) is 76.6 Å². The van der Waals surface area contributed by atoms with Gasteiger partial charge in [0.25, 0.3) is 0 Å². The minimum Gasteiger partial charge on any atom is -0.507 e. The van der Waals surface area contributed by atoms with Crippen LogP contribution in [0.4, 0.5) is 4.39 Å². The Morgan fingerprint density at radius 2 is 1.59 bits per heavy atom. The first-order valence-electron chi connectivity index (χ1n) is 9.74. The van der Waals surface area contributed by atoms with Crippen molar-refractivity contribution in [2.24, 2.45) is 0 Å². The van der Waals surface area contributed by atoms with E-state index in [-0.39, 0.29) is 11.8 Å². The number of nitrogens with zero attached hydrogens (tertiary/aromatic N) is 1. The summed E-state index contributed by atoms with van der Waals surface area (Å²) in [6, 6.07) is 21.7. The molecule has 0 unspecified atom stereocenters. The van der Waals surface area contributed by atoms with E-state index in [4.69, 9.17) is 0 Å². The van der Waals surface area contributed by atoms with Gasteiger partial charge in [-0.25, -0.2) is 4.39 Å². The van der Waals surface area contributed by atoms with Gasteiger partial charge in [0.2, 0.25) is 0 Å². The van der Waals surface area contributed by atoms with Crippen LogP contribution in [-0.4, -0.2) is 27.7 Å². The van der Waals surface area contributed by atoms with Gasteiger partial charge in [-0.2, -0.15) is 0 Å². The maximum absolute atomic E-state index is 13.6. The van der Waals surface area contributed by atoms with Crippen LogP contribution in [0.5, 0.6) is 5.75 Å². The molecular weight excluding hydrogens is 433 g/mol. The molecule has 0 aliphatic carbocycles. The Balaban J connectivity index is 1.75. The first kappa shape index (κ1) is 20.1. The van der Waals surface area contributed by atoms with E-state index in [1.54, 1.807) is 0 Å². The summed E-state index contributed by atoms with van der Waals surface area (Å²) in [6.45, 7) is 1.20. The zero-order valence-corrected chi connectivity index (χ0v) is 17.5. The SMILES string of the molecule is Oc1cc(F)cc(Br)c1CN1CCC[C@@H]1C(O)(c1ccccc1)c1ccccc1. The van der Waals surface area contributed by atoms with E-state index in [0.29, 0.717) is 16.6 Å². The van der Waals surface area contributed by atoms with Crippen LogP contribution in [0.2, 0.25) is 0 Å². The van der Waals surface area contributed by atoms with Gasteiger partial charge in [0.1, 0.15) is 17.2 Å². The second kappa shape index (κ2) is 8.27. The normalized spacial score (nSPS) is 17.6. The highest BCUT2D eigenvalue weighted by molar-refractivity contribution is 9.10. The maximum atomic E-state index is 13.6. The first-order valence-corrected chi connectivity index (χ1v) is 10.5. The number of halogens is 2. The molecule has 3 aromatic carbocycles. The molecule has 0 saturated carbocycles. The Morgan fingerprint density at radius 3 is 2.14 bits per heavy atom. The number of hydrogen-bond donors (Lipinski definition) is 2. The monoisotopic (exact) mass is 455 g/mol. The van der Waals surface area contributed by atoms with Gasteiger partial charge in [-0.05, 0) is 36.6 Å². The molecule has 1 aliphatic heterocycles. The highest BCUT2D eigenvalue weighted by Gasteiger charge is 2.45. The highest BCUT2D eigenvalue weighted by atomic mass is 79.9. The fraction of sp³-hybridized carbons (Fsp3) is 0.250. The third kappa shape index (κ3) is 3.82. The van der Waals surface area contributed by atoms with Crippen molar-refractivity contribution >= 4 is 15.9 Å². The minimum atomic E-state index is -1.19. The van der Waals surface area contributed by atoms with Crippen LogP contribution in [0.3, 0.4) is 0 Å². The van der Waals surface area contributed by atoms with Crippen molar-refractivity contribution in [3.63, 3.8) is 0 Å². The molecule has 150 valence electrons. The quantitative estimate of drug-likeness (QED) is 0.555. The average molecular weight is 456 g/mol. The third-order valence-corrected chi connectivity index (χ3v) is 6.48. The number of hydrogen-bond acceptors (Lipinski definition) is 3. The largest absolute Gasteiger partial charge is 0.507 e. The molecule has 3 nitrogen and oxygen atoms in total. The van der Waals surface area contributed by atoms with Crippen LogP contribution >= 0.6 is 15.9 Å². The molecule has 0 amide bonds. The van der Waals surface area contributed by atoms with Crippen LogP contribution in [0.25, 0.3) is 0 Å². The van der Waals surface area contributed by atoms with Crippen molar-refractivity contribution in [1.29, 1.82) is 0 Å². The molecule has 29 heavy (non-hydrogen) atoms. The van der Waals surface area contributed by atoms with E-state index in [9.17, 15) is 14.6 Å². The zero-order chi connectivity index (χ0) is 20.4. The lowest BCUT2D eigenvalue weighted by Gasteiger charge is -2.40. The average Bonchev–Trinajstić information content (AvgIpc) is 3.20. The lowest BCUT2D eigenvalue weighted by molar-refractivity contribution is -0.00679. The number of benzene rings is 3.